The van der Waals surface area contributed by atoms with E-state index in [4.69, 9.17) is 9.47 Å². The number of amides is 1. The lowest BCUT2D eigenvalue weighted by atomic mass is 10.1. The van der Waals surface area contributed by atoms with Gasteiger partial charge in [0.05, 0.1) is 26.9 Å². The maximum Gasteiger partial charge on any atom is 0.236 e. The number of aliphatic imine (C=N–C) groups is 1. The molecule has 2 saturated heterocycles. The number of methoxy groups -OCH3 is 1. The fourth-order valence-electron chi connectivity index (χ4n) is 3.89. The lowest BCUT2D eigenvalue weighted by Gasteiger charge is -2.37. The van der Waals surface area contributed by atoms with Crippen molar-refractivity contribution in [1.29, 1.82) is 0 Å². The van der Waals surface area contributed by atoms with Crippen molar-refractivity contribution in [3.63, 3.8) is 0 Å². The van der Waals surface area contributed by atoms with E-state index in [0.29, 0.717) is 32.8 Å². The number of guanidine groups is 1. The van der Waals surface area contributed by atoms with Crippen LogP contribution in [-0.4, -0.2) is 106 Å². The predicted octanol–water partition coefficient (Wildman–Crippen LogP) is 0.598. The highest BCUT2D eigenvalue weighted by atomic mass is 16.5. The van der Waals surface area contributed by atoms with Gasteiger partial charge < -0.3 is 24.6 Å². The van der Waals surface area contributed by atoms with Crippen LogP contribution in [0.2, 0.25) is 0 Å². The van der Waals surface area contributed by atoms with E-state index in [1.54, 1.807) is 7.11 Å². The number of benzene rings is 1. The molecule has 0 saturated carbocycles. The number of nitrogens with one attached hydrogen (secondary N) is 1. The molecule has 1 aromatic carbocycles. The molecule has 2 fully saturated rings. The number of hydrogen-bond acceptors (Lipinski definition) is 5. The van der Waals surface area contributed by atoms with Gasteiger partial charge in [-0.25, -0.2) is 0 Å². The molecule has 0 spiro atoms. The van der Waals surface area contributed by atoms with Crippen LogP contribution in [0.25, 0.3) is 0 Å². The van der Waals surface area contributed by atoms with Crippen LogP contribution in [0.4, 0.5) is 0 Å². The third kappa shape index (κ3) is 6.09. The largest absolute Gasteiger partial charge is 0.496 e. The van der Waals surface area contributed by atoms with Crippen LogP contribution < -0.4 is 10.1 Å². The SMILES string of the molecule is CN=C(NCCc1ccc(C)c(OC)c1)N1CCN(CC(=O)N2CCOCC2)CC1. The van der Waals surface area contributed by atoms with Crippen LogP contribution in [-0.2, 0) is 16.0 Å². The second-order valence-electron chi connectivity index (χ2n) is 7.78. The first-order valence-corrected chi connectivity index (χ1v) is 10.8. The lowest BCUT2D eigenvalue weighted by Crippen LogP contribution is -2.55. The van der Waals surface area contributed by atoms with Gasteiger partial charge in [-0.1, -0.05) is 12.1 Å². The van der Waals surface area contributed by atoms with Crippen molar-refractivity contribution in [2.45, 2.75) is 13.3 Å². The summed E-state index contributed by atoms with van der Waals surface area (Å²) in [4.78, 5) is 23.3. The van der Waals surface area contributed by atoms with E-state index in [1.807, 2.05) is 11.9 Å². The topological polar surface area (TPSA) is 69.6 Å². The average molecular weight is 418 g/mol. The Bertz CT molecular complexity index is 725. The normalized spacial score (nSPS) is 18.4. The standard InChI is InChI=1S/C22H35N5O3/c1-18-4-5-19(16-20(18)29-3)6-7-24-22(23-2)27-10-8-25(9-11-27)17-21(28)26-12-14-30-15-13-26/h4-5,16H,6-15,17H2,1-3H3,(H,23,24). The number of morpholine rings is 1. The van der Waals surface area contributed by atoms with E-state index >= 15 is 0 Å². The minimum absolute atomic E-state index is 0.211. The number of nitrogens with zero attached hydrogens (tertiary/aromatic N) is 4. The summed E-state index contributed by atoms with van der Waals surface area (Å²) in [5.74, 6) is 2.07. The van der Waals surface area contributed by atoms with Crippen molar-refractivity contribution in [2.75, 3.05) is 79.7 Å². The first-order valence-electron chi connectivity index (χ1n) is 10.8. The van der Waals surface area contributed by atoms with Gasteiger partial charge in [0.15, 0.2) is 5.96 Å². The molecule has 3 rings (SSSR count). The maximum atomic E-state index is 12.5. The molecule has 1 aromatic rings. The summed E-state index contributed by atoms with van der Waals surface area (Å²) in [6.45, 7) is 9.56. The maximum absolute atomic E-state index is 12.5. The summed E-state index contributed by atoms with van der Waals surface area (Å²) in [5.41, 5.74) is 2.39. The Kier molecular flexibility index (Phi) is 8.33. The summed E-state index contributed by atoms with van der Waals surface area (Å²) >= 11 is 0. The Balaban J connectivity index is 1.41. The number of carbonyl (C=O) groups excluding carboxylic acids is 1. The minimum atomic E-state index is 0.211. The zero-order valence-electron chi connectivity index (χ0n) is 18.5. The Morgan fingerprint density at radius 2 is 1.87 bits per heavy atom. The van der Waals surface area contributed by atoms with Gasteiger partial charge in [-0.15, -0.1) is 0 Å². The number of aryl methyl sites for hydroxylation is 1. The molecule has 0 radical (unpaired) electrons. The van der Waals surface area contributed by atoms with Crippen LogP contribution in [0, 0.1) is 6.92 Å². The quantitative estimate of drug-likeness (QED) is 0.540. The van der Waals surface area contributed by atoms with E-state index in [9.17, 15) is 4.79 Å². The summed E-state index contributed by atoms with van der Waals surface area (Å²) in [6.07, 6.45) is 0.906. The molecule has 166 valence electrons. The number of rotatable bonds is 6. The monoisotopic (exact) mass is 417 g/mol. The molecule has 8 nitrogen and oxygen atoms in total. The van der Waals surface area contributed by atoms with Crippen LogP contribution in [0.15, 0.2) is 23.2 Å². The Hall–Kier alpha value is -2.32. The average Bonchev–Trinajstić information content (AvgIpc) is 2.79. The van der Waals surface area contributed by atoms with E-state index < -0.39 is 0 Å². The first kappa shape index (κ1) is 22.4. The molecule has 0 aliphatic carbocycles. The summed E-state index contributed by atoms with van der Waals surface area (Å²) in [5, 5.41) is 3.47. The van der Waals surface area contributed by atoms with Crippen molar-refractivity contribution >= 4 is 11.9 Å². The molecule has 2 heterocycles. The van der Waals surface area contributed by atoms with Gasteiger partial charge in [0.1, 0.15) is 5.75 Å². The summed E-state index contributed by atoms with van der Waals surface area (Å²) < 4.78 is 10.7. The van der Waals surface area contributed by atoms with Gasteiger partial charge in [-0.3, -0.25) is 14.7 Å². The van der Waals surface area contributed by atoms with Gasteiger partial charge in [-0.05, 0) is 30.5 Å². The molecule has 1 N–H and O–H groups in total. The van der Waals surface area contributed by atoms with Gasteiger partial charge >= 0.3 is 0 Å². The molecule has 0 aromatic heterocycles. The number of hydrogen-bond donors (Lipinski definition) is 1. The predicted molar refractivity (Wildman–Crippen MR) is 118 cm³/mol. The highest BCUT2D eigenvalue weighted by Gasteiger charge is 2.24. The molecule has 0 unspecified atom stereocenters. The van der Waals surface area contributed by atoms with Crippen molar-refractivity contribution in [1.82, 2.24) is 20.0 Å². The van der Waals surface area contributed by atoms with Gasteiger partial charge in [0.2, 0.25) is 5.91 Å². The van der Waals surface area contributed by atoms with Crippen LogP contribution in [0.5, 0.6) is 5.75 Å². The third-order valence-electron chi connectivity index (χ3n) is 5.78. The van der Waals surface area contributed by atoms with Crippen molar-refractivity contribution in [3.8, 4) is 5.75 Å². The number of ether oxygens (including phenoxy) is 2. The van der Waals surface area contributed by atoms with Gasteiger partial charge in [-0.2, -0.15) is 0 Å². The zero-order valence-corrected chi connectivity index (χ0v) is 18.5. The van der Waals surface area contributed by atoms with Gasteiger partial charge in [0.25, 0.3) is 0 Å². The molecule has 0 bridgehead atoms. The fourth-order valence-corrected chi connectivity index (χ4v) is 3.89. The highest BCUT2D eigenvalue weighted by molar-refractivity contribution is 5.80. The molecule has 30 heavy (non-hydrogen) atoms. The van der Waals surface area contributed by atoms with Gasteiger partial charge in [0, 0.05) is 52.9 Å². The molecule has 2 aliphatic heterocycles. The Morgan fingerprint density at radius 1 is 1.13 bits per heavy atom. The van der Waals surface area contributed by atoms with E-state index in [-0.39, 0.29) is 5.91 Å². The van der Waals surface area contributed by atoms with Crippen LogP contribution in [0.3, 0.4) is 0 Å². The molecular formula is C22H35N5O3. The molecular weight excluding hydrogens is 382 g/mol. The van der Waals surface area contributed by atoms with E-state index in [0.717, 1.165) is 56.4 Å². The Morgan fingerprint density at radius 3 is 2.53 bits per heavy atom. The van der Waals surface area contributed by atoms with Crippen molar-refractivity contribution in [3.05, 3.63) is 29.3 Å². The Labute approximate surface area is 179 Å². The molecule has 1 amide bonds. The molecule has 8 heteroatoms. The van der Waals surface area contributed by atoms with E-state index in [2.05, 4.69) is 45.2 Å². The minimum Gasteiger partial charge on any atom is -0.496 e. The van der Waals surface area contributed by atoms with Crippen molar-refractivity contribution < 1.29 is 14.3 Å². The number of piperazine rings is 1. The van der Waals surface area contributed by atoms with E-state index in [1.165, 1.54) is 5.56 Å². The highest BCUT2D eigenvalue weighted by Crippen LogP contribution is 2.19. The summed E-state index contributed by atoms with van der Waals surface area (Å²) in [6, 6.07) is 6.34. The van der Waals surface area contributed by atoms with Crippen LogP contribution >= 0.6 is 0 Å². The number of carbonyl (C=O) groups is 1. The molecule has 2 aliphatic rings. The van der Waals surface area contributed by atoms with Crippen LogP contribution in [0.1, 0.15) is 11.1 Å². The second kappa shape index (κ2) is 11.2. The summed E-state index contributed by atoms with van der Waals surface area (Å²) in [7, 11) is 3.53. The molecule has 0 atom stereocenters. The second-order valence-corrected chi connectivity index (χ2v) is 7.78. The third-order valence-corrected chi connectivity index (χ3v) is 5.78. The van der Waals surface area contributed by atoms with Crippen molar-refractivity contribution in [2.24, 2.45) is 4.99 Å². The zero-order chi connectivity index (χ0) is 21.3. The first-order chi connectivity index (χ1) is 14.6. The fraction of sp³-hybridized carbons (Fsp3) is 0.636. The lowest BCUT2D eigenvalue weighted by molar-refractivity contribution is -0.136. The smallest absolute Gasteiger partial charge is 0.236 e.